The van der Waals surface area contributed by atoms with E-state index in [4.69, 9.17) is 32.2 Å². The molecule has 0 aliphatic rings. The van der Waals surface area contributed by atoms with Gasteiger partial charge in [0.1, 0.15) is 17.2 Å². The normalized spacial score (nSPS) is 10.2. The molecule has 3 aromatic carbocycles. The van der Waals surface area contributed by atoms with Gasteiger partial charge in [0.2, 0.25) is 5.91 Å². The second kappa shape index (κ2) is 10.3. The van der Waals surface area contributed by atoms with Crippen LogP contribution in [0.5, 0.6) is 17.2 Å². The van der Waals surface area contributed by atoms with Gasteiger partial charge in [-0.25, -0.2) is 0 Å². The first-order chi connectivity index (χ1) is 15.4. The minimum absolute atomic E-state index is 0.382. The summed E-state index contributed by atoms with van der Waals surface area (Å²) in [7, 11) is 4.72. The van der Waals surface area contributed by atoms with Crippen LogP contribution in [0, 0.1) is 0 Å². The Kier molecular flexibility index (Phi) is 7.55. The van der Waals surface area contributed by atoms with Crippen LogP contribution in [-0.4, -0.2) is 32.3 Å². The molecule has 166 valence electrons. The monoisotopic (exact) mass is 515 g/mol. The topological polar surface area (TPSA) is 94.8 Å². The van der Waals surface area contributed by atoms with Crippen LogP contribution < -0.4 is 30.6 Å². The standard InChI is InChI=1S/C23H22BrN3O4S/c1-29-15-8-9-16(22(25)28)17(10-15)13-4-6-14(7-5-13)26-23(32)27-19-11-18(24)20(30-2)12-21(19)31-3/h4-12H,1-3H3,(H2,25,28)(H2,26,27,32). The zero-order valence-electron chi connectivity index (χ0n) is 17.7. The molecule has 0 bridgehead atoms. The molecule has 0 atom stereocenters. The van der Waals surface area contributed by atoms with Crippen molar-refractivity contribution in [3.63, 3.8) is 0 Å². The molecule has 0 spiro atoms. The summed E-state index contributed by atoms with van der Waals surface area (Å²) in [6, 6.07) is 16.2. The number of methoxy groups -OCH3 is 3. The van der Waals surface area contributed by atoms with Crippen molar-refractivity contribution in [1.82, 2.24) is 0 Å². The second-order valence-corrected chi connectivity index (χ2v) is 7.88. The molecule has 0 aliphatic heterocycles. The summed E-state index contributed by atoms with van der Waals surface area (Å²) in [5.41, 5.74) is 8.90. The van der Waals surface area contributed by atoms with Crippen molar-refractivity contribution < 1.29 is 19.0 Å². The van der Waals surface area contributed by atoms with Crippen molar-refractivity contribution in [2.75, 3.05) is 32.0 Å². The molecule has 1 amide bonds. The minimum Gasteiger partial charge on any atom is -0.497 e. The van der Waals surface area contributed by atoms with Crippen molar-refractivity contribution in [2.45, 2.75) is 0 Å². The highest BCUT2D eigenvalue weighted by molar-refractivity contribution is 9.10. The van der Waals surface area contributed by atoms with Crippen LogP contribution in [0.2, 0.25) is 0 Å². The highest BCUT2D eigenvalue weighted by Crippen LogP contribution is 2.36. The molecule has 3 rings (SSSR count). The highest BCUT2D eigenvalue weighted by Gasteiger charge is 2.13. The Hall–Kier alpha value is -3.30. The summed E-state index contributed by atoms with van der Waals surface area (Å²) in [5.74, 6) is 1.36. The average Bonchev–Trinajstić information content (AvgIpc) is 2.79. The van der Waals surface area contributed by atoms with E-state index in [1.165, 1.54) is 0 Å². The smallest absolute Gasteiger partial charge is 0.249 e. The number of carbonyl (C=O) groups is 1. The Morgan fingerprint density at radius 3 is 2.19 bits per heavy atom. The zero-order valence-corrected chi connectivity index (χ0v) is 20.1. The molecule has 0 saturated carbocycles. The van der Waals surface area contributed by atoms with Crippen LogP contribution in [0.4, 0.5) is 11.4 Å². The number of nitrogens with two attached hydrogens (primary N) is 1. The summed E-state index contributed by atoms with van der Waals surface area (Å²) in [5, 5.41) is 6.63. The number of amides is 1. The van der Waals surface area contributed by atoms with Crippen molar-refractivity contribution in [2.24, 2.45) is 5.73 Å². The SMILES string of the molecule is COc1ccc(C(N)=O)c(-c2ccc(NC(=S)Nc3cc(Br)c(OC)cc3OC)cc2)c1. The molecule has 32 heavy (non-hydrogen) atoms. The van der Waals surface area contributed by atoms with Gasteiger partial charge in [0.25, 0.3) is 0 Å². The first-order valence-corrected chi connectivity index (χ1v) is 10.6. The molecule has 0 unspecified atom stereocenters. The molecular formula is C23H22BrN3O4S. The Morgan fingerprint density at radius 2 is 1.59 bits per heavy atom. The Balaban J connectivity index is 1.78. The molecular weight excluding hydrogens is 494 g/mol. The van der Waals surface area contributed by atoms with Gasteiger partial charge in [0.15, 0.2) is 5.11 Å². The highest BCUT2D eigenvalue weighted by atomic mass is 79.9. The number of nitrogens with one attached hydrogen (secondary N) is 2. The fourth-order valence-electron chi connectivity index (χ4n) is 3.08. The van der Waals surface area contributed by atoms with Gasteiger partial charge in [-0.3, -0.25) is 4.79 Å². The van der Waals surface area contributed by atoms with E-state index in [0.29, 0.717) is 39.2 Å². The van der Waals surface area contributed by atoms with E-state index >= 15 is 0 Å². The Morgan fingerprint density at radius 1 is 0.906 bits per heavy atom. The van der Waals surface area contributed by atoms with Gasteiger partial charge in [-0.1, -0.05) is 12.1 Å². The van der Waals surface area contributed by atoms with Gasteiger partial charge in [-0.2, -0.15) is 0 Å². The molecule has 0 saturated heterocycles. The lowest BCUT2D eigenvalue weighted by atomic mass is 9.98. The van der Waals surface area contributed by atoms with E-state index in [1.54, 1.807) is 45.6 Å². The van der Waals surface area contributed by atoms with E-state index < -0.39 is 5.91 Å². The number of thiocarbonyl (C=S) groups is 1. The van der Waals surface area contributed by atoms with Crippen molar-refractivity contribution >= 4 is 50.5 Å². The maximum Gasteiger partial charge on any atom is 0.249 e. The van der Waals surface area contributed by atoms with Gasteiger partial charge in [0.05, 0.1) is 31.5 Å². The van der Waals surface area contributed by atoms with Gasteiger partial charge in [0, 0.05) is 17.3 Å². The molecule has 9 heteroatoms. The minimum atomic E-state index is -0.505. The quantitative estimate of drug-likeness (QED) is 0.379. The number of primary amides is 1. The zero-order chi connectivity index (χ0) is 23.3. The molecule has 0 fully saturated rings. The number of ether oxygens (including phenoxy) is 3. The molecule has 7 nitrogen and oxygen atoms in total. The molecule has 0 heterocycles. The lowest BCUT2D eigenvalue weighted by Crippen LogP contribution is -2.19. The van der Waals surface area contributed by atoms with E-state index in [-0.39, 0.29) is 0 Å². The van der Waals surface area contributed by atoms with E-state index in [2.05, 4.69) is 26.6 Å². The molecule has 3 aromatic rings. The number of rotatable bonds is 7. The number of anilines is 2. The number of benzene rings is 3. The number of halogens is 1. The van der Waals surface area contributed by atoms with E-state index in [1.807, 2.05) is 30.3 Å². The van der Waals surface area contributed by atoms with Gasteiger partial charge in [-0.15, -0.1) is 0 Å². The lowest BCUT2D eigenvalue weighted by Gasteiger charge is -2.16. The Bertz CT molecular complexity index is 1150. The summed E-state index contributed by atoms with van der Waals surface area (Å²) in [6.07, 6.45) is 0. The Labute approximate surface area is 200 Å². The van der Waals surface area contributed by atoms with Crippen molar-refractivity contribution in [3.05, 3.63) is 64.6 Å². The molecule has 0 aromatic heterocycles. The first-order valence-electron chi connectivity index (χ1n) is 9.44. The predicted molar refractivity (Wildman–Crippen MR) is 134 cm³/mol. The third kappa shape index (κ3) is 5.30. The predicted octanol–water partition coefficient (Wildman–Crippen LogP) is 5.05. The number of hydrogen-bond donors (Lipinski definition) is 3. The van der Waals surface area contributed by atoms with Crippen LogP contribution >= 0.6 is 28.1 Å². The fourth-order valence-corrected chi connectivity index (χ4v) is 3.81. The fraction of sp³-hybridized carbons (Fsp3) is 0.130. The molecule has 0 aliphatic carbocycles. The lowest BCUT2D eigenvalue weighted by molar-refractivity contribution is 0.100. The van der Waals surface area contributed by atoms with Crippen LogP contribution in [0.25, 0.3) is 11.1 Å². The van der Waals surface area contributed by atoms with E-state index in [9.17, 15) is 4.79 Å². The summed E-state index contributed by atoms with van der Waals surface area (Å²) >= 11 is 8.90. The van der Waals surface area contributed by atoms with Crippen molar-refractivity contribution in [3.8, 4) is 28.4 Å². The third-order valence-electron chi connectivity index (χ3n) is 4.67. The summed E-state index contributed by atoms with van der Waals surface area (Å²) < 4.78 is 16.7. The number of carbonyl (C=O) groups excluding carboxylic acids is 1. The van der Waals surface area contributed by atoms with Crippen LogP contribution in [-0.2, 0) is 0 Å². The average molecular weight is 516 g/mol. The van der Waals surface area contributed by atoms with Crippen LogP contribution in [0.1, 0.15) is 10.4 Å². The summed E-state index contributed by atoms with van der Waals surface area (Å²) in [6.45, 7) is 0. The van der Waals surface area contributed by atoms with Gasteiger partial charge in [-0.05, 0) is 75.7 Å². The van der Waals surface area contributed by atoms with Crippen LogP contribution in [0.15, 0.2) is 59.1 Å². The largest absolute Gasteiger partial charge is 0.497 e. The maximum atomic E-state index is 11.8. The maximum absolute atomic E-state index is 11.8. The van der Waals surface area contributed by atoms with Crippen molar-refractivity contribution in [1.29, 1.82) is 0 Å². The van der Waals surface area contributed by atoms with Crippen LogP contribution in [0.3, 0.4) is 0 Å². The second-order valence-electron chi connectivity index (χ2n) is 6.62. The molecule has 0 radical (unpaired) electrons. The summed E-state index contributed by atoms with van der Waals surface area (Å²) in [4.78, 5) is 11.8. The number of hydrogen-bond acceptors (Lipinski definition) is 5. The molecule has 4 N–H and O–H groups in total. The third-order valence-corrected chi connectivity index (χ3v) is 5.49. The van der Waals surface area contributed by atoms with Gasteiger partial charge < -0.3 is 30.6 Å². The first kappa shape index (κ1) is 23.4. The van der Waals surface area contributed by atoms with E-state index in [0.717, 1.165) is 15.7 Å². The van der Waals surface area contributed by atoms with Gasteiger partial charge >= 0.3 is 0 Å².